The number of rotatable bonds is 7. The van der Waals surface area contributed by atoms with Crippen molar-refractivity contribution in [2.75, 3.05) is 19.6 Å². The van der Waals surface area contributed by atoms with Gasteiger partial charge in [-0.25, -0.2) is 0 Å². The topological polar surface area (TPSA) is 61.0 Å². The van der Waals surface area contributed by atoms with Gasteiger partial charge < -0.3 is 5.32 Å². The fraction of sp³-hybridized carbons (Fsp3) is 0.474. The zero-order valence-corrected chi connectivity index (χ0v) is 15.4. The van der Waals surface area contributed by atoms with E-state index in [9.17, 15) is 4.79 Å². The maximum atomic E-state index is 12.4. The Hall–Kier alpha value is -1.85. The maximum absolute atomic E-state index is 12.4. The van der Waals surface area contributed by atoms with E-state index in [1.54, 1.807) is 0 Å². The predicted molar refractivity (Wildman–Crippen MR) is 99.9 cm³/mol. The second kappa shape index (κ2) is 8.50. The number of benzene rings is 1. The molecule has 1 unspecified atom stereocenters. The lowest BCUT2D eigenvalue weighted by atomic mass is 10.1. The van der Waals surface area contributed by atoms with Crippen LogP contribution < -0.4 is 5.32 Å². The van der Waals surface area contributed by atoms with Crippen LogP contribution in [0.2, 0.25) is 5.02 Å². The summed E-state index contributed by atoms with van der Waals surface area (Å²) in [6.45, 7) is 4.79. The van der Waals surface area contributed by atoms with E-state index in [4.69, 9.17) is 11.6 Å². The molecule has 2 heterocycles. The minimum atomic E-state index is -0.128. The summed E-state index contributed by atoms with van der Waals surface area (Å²) >= 11 is 6.02. The fourth-order valence-corrected chi connectivity index (χ4v) is 3.48. The summed E-state index contributed by atoms with van der Waals surface area (Å²) in [5, 5.41) is 10.8. The van der Waals surface area contributed by atoms with Crippen LogP contribution >= 0.6 is 11.6 Å². The van der Waals surface area contributed by atoms with Gasteiger partial charge in [-0.3, -0.25) is 14.8 Å². The Morgan fingerprint density at radius 1 is 1.32 bits per heavy atom. The van der Waals surface area contributed by atoms with E-state index in [1.807, 2.05) is 30.3 Å². The molecule has 0 aliphatic carbocycles. The number of hydrogen-bond acceptors (Lipinski definition) is 3. The second-order valence-corrected chi connectivity index (χ2v) is 6.99. The molecule has 1 aliphatic rings. The van der Waals surface area contributed by atoms with E-state index in [2.05, 4.69) is 27.3 Å². The van der Waals surface area contributed by atoms with E-state index in [0.717, 1.165) is 36.6 Å². The van der Waals surface area contributed by atoms with Gasteiger partial charge in [-0.1, -0.05) is 37.1 Å². The van der Waals surface area contributed by atoms with Crippen molar-refractivity contribution >= 4 is 17.5 Å². The standard InChI is InChI=1S/C19H25ClN4O/c1-2-5-16-12-17(23-22-16)19(25)21-13-18(24-10-3-4-11-24)14-6-8-15(20)9-7-14/h6-9,12,18H,2-5,10-11,13H2,1H3,(H,21,25)(H,22,23). The van der Waals surface area contributed by atoms with Crippen molar-refractivity contribution in [1.82, 2.24) is 20.4 Å². The first-order chi connectivity index (χ1) is 12.2. The number of carbonyl (C=O) groups excluding carboxylic acids is 1. The molecule has 0 bridgehead atoms. The number of aromatic amines is 1. The number of aryl methyl sites for hydroxylation is 1. The largest absolute Gasteiger partial charge is 0.349 e. The van der Waals surface area contributed by atoms with Gasteiger partial charge in [-0.05, 0) is 56.1 Å². The summed E-state index contributed by atoms with van der Waals surface area (Å²) < 4.78 is 0. The number of nitrogens with one attached hydrogen (secondary N) is 2. The summed E-state index contributed by atoms with van der Waals surface area (Å²) in [6.07, 6.45) is 4.34. The number of hydrogen-bond donors (Lipinski definition) is 2. The van der Waals surface area contributed by atoms with Gasteiger partial charge in [0.2, 0.25) is 0 Å². The summed E-state index contributed by atoms with van der Waals surface area (Å²) in [4.78, 5) is 14.9. The Balaban J connectivity index is 1.67. The molecular weight excluding hydrogens is 336 g/mol. The highest BCUT2D eigenvalue weighted by atomic mass is 35.5. The number of nitrogens with zero attached hydrogens (tertiary/aromatic N) is 2. The van der Waals surface area contributed by atoms with Crippen LogP contribution in [0.1, 0.15) is 54.0 Å². The van der Waals surface area contributed by atoms with E-state index < -0.39 is 0 Å². The average Bonchev–Trinajstić information content (AvgIpc) is 3.29. The molecule has 1 amide bonds. The summed E-state index contributed by atoms with van der Waals surface area (Å²) in [6, 6.07) is 9.92. The quantitative estimate of drug-likeness (QED) is 0.793. The normalized spacial score (nSPS) is 16.1. The van der Waals surface area contributed by atoms with Crippen LogP contribution in [-0.2, 0) is 6.42 Å². The van der Waals surface area contributed by atoms with Crippen LogP contribution in [0.4, 0.5) is 0 Å². The van der Waals surface area contributed by atoms with Gasteiger partial charge in [-0.15, -0.1) is 0 Å². The van der Waals surface area contributed by atoms with E-state index in [-0.39, 0.29) is 11.9 Å². The smallest absolute Gasteiger partial charge is 0.271 e. The van der Waals surface area contributed by atoms with Gasteiger partial charge in [0.15, 0.2) is 0 Å². The van der Waals surface area contributed by atoms with Crippen LogP contribution in [0, 0.1) is 0 Å². The Morgan fingerprint density at radius 2 is 2.04 bits per heavy atom. The molecule has 1 aromatic carbocycles. The molecule has 5 nitrogen and oxygen atoms in total. The molecule has 2 aromatic rings. The third-order valence-corrected chi connectivity index (χ3v) is 4.93. The van der Waals surface area contributed by atoms with Crippen molar-refractivity contribution in [3.8, 4) is 0 Å². The molecular formula is C19H25ClN4O. The molecule has 1 saturated heterocycles. The van der Waals surface area contributed by atoms with Crippen LogP contribution in [0.25, 0.3) is 0 Å². The maximum Gasteiger partial charge on any atom is 0.271 e. The average molecular weight is 361 g/mol. The third-order valence-electron chi connectivity index (χ3n) is 4.68. The number of H-pyrrole nitrogens is 1. The number of carbonyl (C=O) groups is 1. The minimum Gasteiger partial charge on any atom is -0.349 e. The molecule has 134 valence electrons. The molecule has 1 aliphatic heterocycles. The van der Waals surface area contributed by atoms with Gasteiger partial charge >= 0.3 is 0 Å². The zero-order valence-electron chi connectivity index (χ0n) is 14.6. The van der Waals surface area contributed by atoms with E-state index >= 15 is 0 Å². The molecule has 25 heavy (non-hydrogen) atoms. The van der Waals surface area contributed by atoms with Crippen molar-refractivity contribution in [3.63, 3.8) is 0 Å². The first-order valence-electron chi connectivity index (χ1n) is 8.99. The van der Waals surface area contributed by atoms with E-state index in [0.29, 0.717) is 12.2 Å². The van der Waals surface area contributed by atoms with Crippen molar-refractivity contribution in [2.24, 2.45) is 0 Å². The predicted octanol–water partition coefficient (Wildman–Crippen LogP) is 3.58. The molecule has 1 atom stereocenters. The van der Waals surface area contributed by atoms with Crippen LogP contribution in [0.5, 0.6) is 0 Å². The van der Waals surface area contributed by atoms with Crippen molar-refractivity contribution in [2.45, 2.75) is 38.6 Å². The Morgan fingerprint density at radius 3 is 2.72 bits per heavy atom. The molecule has 1 aromatic heterocycles. The van der Waals surface area contributed by atoms with Gasteiger partial charge in [0.1, 0.15) is 5.69 Å². The van der Waals surface area contributed by atoms with Crippen molar-refractivity contribution in [3.05, 3.63) is 52.3 Å². The number of likely N-dealkylation sites (tertiary alicyclic amines) is 1. The second-order valence-electron chi connectivity index (χ2n) is 6.55. The van der Waals surface area contributed by atoms with Gasteiger partial charge in [0.05, 0.1) is 6.04 Å². The van der Waals surface area contributed by atoms with E-state index in [1.165, 1.54) is 18.4 Å². The van der Waals surface area contributed by atoms with Gasteiger partial charge in [0, 0.05) is 17.3 Å². The summed E-state index contributed by atoms with van der Waals surface area (Å²) in [7, 11) is 0. The highest BCUT2D eigenvalue weighted by Crippen LogP contribution is 2.25. The minimum absolute atomic E-state index is 0.128. The van der Waals surface area contributed by atoms with Crippen LogP contribution in [-0.4, -0.2) is 40.6 Å². The molecule has 0 radical (unpaired) electrons. The number of halogens is 1. The van der Waals surface area contributed by atoms with Gasteiger partial charge in [-0.2, -0.15) is 5.10 Å². The Bertz CT molecular complexity index is 692. The molecule has 0 spiro atoms. The Labute approximate surface area is 153 Å². The lowest BCUT2D eigenvalue weighted by molar-refractivity contribution is 0.0933. The molecule has 6 heteroatoms. The third kappa shape index (κ3) is 4.61. The highest BCUT2D eigenvalue weighted by molar-refractivity contribution is 6.30. The van der Waals surface area contributed by atoms with Gasteiger partial charge in [0.25, 0.3) is 5.91 Å². The molecule has 0 saturated carbocycles. The van der Waals surface area contributed by atoms with Crippen molar-refractivity contribution in [1.29, 1.82) is 0 Å². The first-order valence-corrected chi connectivity index (χ1v) is 9.37. The Kier molecular flexibility index (Phi) is 6.10. The van der Waals surface area contributed by atoms with Crippen molar-refractivity contribution < 1.29 is 4.79 Å². The summed E-state index contributed by atoms with van der Waals surface area (Å²) in [5.74, 6) is -0.128. The highest BCUT2D eigenvalue weighted by Gasteiger charge is 2.24. The number of aromatic nitrogens is 2. The fourth-order valence-electron chi connectivity index (χ4n) is 3.35. The lowest BCUT2D eigenvalue weighted by Crippen LogP contribution is -2.36. The molecule has 2 N–H and O–H groups in total. The molecule has 1 fully saturated rings. The zero-order chi connectivity index (χ0) is 17.6. The van der Waals surface area contributed by atoms with Crippen LogP contribution in [0.15, 0.2) is 30.3 Å². The monoisotopic (exact) mass is 360 g/mol. The molecule has 3 rings (SSSR count). The lowest BCUT2D eigenvalue weighted by Gasteiger charge is -2.28. The SMILES string of the molecule is CCCc1cc(C(=O)NCC(c2ccc(Cl)cc2)N2CCCC2)n[nH]1. The first kappa shape index (κ1) is 18.0. The number of amides is 1. The van der Waals surface area contributed by atoms with Crippen LogP contribution in [0.3, 0.4) is 0 Å². The summed E-state index contributed by atoms with van der Waals surface area (Å²) in [5.41, 5.74) is 2.64.